The number of carbonyl (C=O) groups excluding carboxylic acids is 1. The van der Waals surface area contributed by atoms with Gasteiger partial charge in [0.15, 0.2) is 0 Å². The first-order valence-corrected chi connectivity index (χ1v) is 9.51. The molecule has 2 aliphatic heterocycles. The van der Waals surface area contributed by atoms with Crippen LogP contribution in [-0.2, 0) is 4.74 Å². The number of carbonyl (C=O) groups is 1. The molecule has 26 heavy (non-hydrogen) atoms. The third kappa shape index (κ3) is 3.51. The summed E-state index contributed by atoms with van der Waals surface area (Å²) < 4.78 is 11.4. The molecule has 0 spiro atoms. The lowest BCUT2D eigenvalue weighted by atomic mass is 10.00. The first-order chi connectivity index (χ1) is 12.7. The number of piperidine rings is 1. The van der Waals surface area contributed by atoms with Crippen molar-refractivity contribution in [3.8, 4) is 0 Å². The number of aryl methyl sites for hydroxylation is 1. The van der Waals surface area contributed by atoms with Gasteiger partial charge in [-0.3, -0.25) is 4.79 Å². The molecule has 1 unspecified atom stereocenters. The standard InChI is InChI=1S/C20H25N3O3/c1-14-5-4-6-16(13-14)20(24)23-10-3-2-7-17(23)19-22-21-18(26-19)15-8-11-25-12-9-15/h4-6,13,15,17H,2-3,7-12H2,1H3. The van der Waals surface area contributed by atoms with Crippen LogP contribution in [0.2, 0.25) is 0 Å². The lowest BCUT2D eigenvalue weighted by molar-refractivity contribution is 0.0561. The van der Waals surface area contributed by atoms with E-state index in [0.717, 1.165) is 63.0 Å². The quantitative estimate of drug-likeness (QED) is 0.841. The molecule has 2 aromatic rings. The number of aromatic nitrogens is 2. The highest BCUT2D eigenvalue weighted by atomic mass is 16.5. The Morgan fingerprint density at radius 3 is 2.73 bits per heavy atom. The van der Waals surface area contributed by atoms with Crippen molar-refractivity contribution in [2.24, 2.45) is 0 Å². The van der Waals surface area contributed by atoms with Crippen LogP contribution in [0.3, 0.4) is 0 Å². The molecule has 1 aromatic carbocycles. The third-order valence-electron chi connectivity index (χ3n) is 5.34. The van der Waals surface area contributed by atoms with Crippen LogP contribution in [0.15, 0.2) is 28.7 Å². The molecule has 1 amide bonds. The van der Waals surface area contributed by atoms with Crippen molar-refractivity contribution < 1.29 is 13.9 Å². The zero-order chi connectivity index (χ0) is 17.9. The number of nitrogens with zero attached hydrogens (tertiary/aromatic N) is 3. The largest absolute Gasteiger partial charge is 0.423 e. The molecule has 0 radical (unpaired) electrons. The summed E-state index contributed by atoms with van der Waals surface area (Å²) in [6, 6.07) is 7.62. The molecule has 1 atom stereocenters. The number of benzene rings is 1. The van der Waals surface area contributed by atoms with Crippen molar-refractivity contribution in [1.29, 1.82) is 0 Å². The van der Waals surface area contributed by atoms with Crippen LogP contribution in [0.5, 0.6) is 0 Å². The second-order valence-electron chi connectivity index (χ2n) is 7.24. The molecule has 2 saturated heterocycles. The van der Waals surface area contributed by atoms with Crippen molar-refractivity contribution in [1.82, 2.24) is 15.1 Å². The predicted molar refractivity (Wildman–Crippen MR) is 95.9 cm³/mol. The monoisotopic (exact) mass is 355 g/mol. The van der Waals surface area contributed by atoms with E-state index in [1.807, 2.05) is 36.1 Å². The first kappa shape index (κ1) is 17.2. The maximum absolute atomic E-state index is 13.1. The Morgan fingerprint density at radius 1 is 1.12 bits per heavy atom. The summed E-state index contributed by atoms with van der Waals surface area (Å²) in [6.07, 6.45) is 4.77. The van der Waals surface area contributed by atoms with Gasteiger partial charge in [0.2, 0.25) is 11.8 Å². The zero-order valence-electron chi connectivity index (χ0n) is 15.2. The average molecular weight is 355 g/mol. The summed E-state index contributed by atoms with van der Waals surface area (Å²) in [4.78, 5) is 15.0. The van der Waals surface area contributed by atoms with Crippen LogP contribution >= 0.6 is 0 Å². The zero-order valence-corrected chi connectivity index (χ0v) is 15.2. The lowest BCUT2D eigenvalue weighted by Gasteiger charge is -2.33. The van der Waals surface area contributed by atoms with E-state index in [-0.39, 0.29) is 17.9 Å². The van der Waals surface area contributed by atoms with Gasteiger partial charge in [0.1, 0.15) is 6.04 Å². The molecular weight excluding hydrogens is 330 g/mol. The molecule has 0 bridgehead atoms. The molecule has 1 aromatic heterocycles. The molecule has 6 heteroatoms. The van der Waals surface area contributed by atoms with E-state index in [4.69, 9.17) is 9.15 Å². The summed E-state index contributed by atoms with van der Waals surface area (Å²) in [6.45, 7) is 4.21. The Morgan fingerprint density at radius 2 is 1.92 bits per heavy atom. The van der Waals surface area contributed by atoms with E-state index in [2.05, 4.69) is 10.2 Å². The van der Waals surface area contributed by atoms with Gasteiger partial charge in [-0.15, -0.1) is 10.2 Å². The van der Waals surface area contributed by atoms with Gasteiger partial charge in [-0.05, 0) is 51.2 Å². The third-order valence-corrected chi connectivity index (χ3v) is 5.34. The molecule has 2 fully saturated rings. The van der Waals surface area contributed by atoms with Gasteiger partial charge in [0.05, 0.1) is 0 Å². The SMILES string of the molecule is Cc1cccc(C(=O)N2CCCCC2c2nnc(C3CCOCC3)o2)c1. The van der Waals surface area contributed by atoms with E-state index in [9.17, 15) is 4.79 Å². The highest BCUT2D eigenvalue weighted by molar-refractivity contribution is 5.94. The van der Waals surface area contributed by atoms with Crippen LogP contribution in [0, 0.1) is 6.92 Å². The fourth-order valence-corrected chi connectivity index (χ4v) is 3.87. The van der Waals surface area contributed by atoms with E-state index >= 15 is 0 Å². The maximum atomic E-state index is 13.1. The van der Waals surface area contributed by atoms with E-state index < -0.39 is 0 Å². The number of amides is 1. The van der Waals surface area contributed by atoms with Crippen molar-refractivity contribution in [2.75, 3.05) is 19.8 Å². The topological polar surface area (TPSA) is 68.5 Å². The van der Waals surface area contributed by atoms with Crippen LogP contribution in [-0.4, -0.2) is 40.8 Å². The van der Waals surface area contributed by atoms with Gasteiger partial charge in [0, 0.05) is 31.2 Å². The molecule has 3 heterocycles. The van der Waals surface area contributed by atoms with Crippen molar-refractivity contribution in [2.45, 2.75) is 51.0 Å². The summed E-state index contributed by atoms with van der Waals surface area (Å²) in [5, 5.41) is 8.59. The van der Waals surface area contributed by atoms with Gasteiger partial charge in [-0.2, -0.15) is 0 Å². The minimum atomic E-state index is -0.127. The summed E-state index contributed by atoms with van der Waals surface area (Å²) >= 11 is 0. The molecule has 4 rings (SSSR count). The van der Waals surface area contributed by atoms with Gasteiger partial charge < -0.3 is 14.1 Å². The minimum Gasteiger partial charge on any atom is -0.423 e. The highest BCUT2D eigenvalue weighted by Gasteiger charge is 2.33. The van der Waals surface area contributed by atoms with E-state index in [1.54, 1.807) is 0 Å². The van der Waals surface area contributed by atoms with Crippen LogP contribution < -0.4 is 0 Å². The summed E-state index contributed by atoms with van der Waals surface area (Å²) in [5.41, 5.74) is 1.81. The Bertz CT molecular complexity index is 767. The van der Waals surface area contributed by atoms with Crippen LogP contribution in [0.25, 0.3) is 0 Å². The fraction of sp³-hybridized carbons (Fsp3) is 0.550. The molecule has 6 nitrogen and oxygen atoms in total. The molecular formula is C20H25N3O3. The number of rotatable bonds is 3. The summed E-state index contributed by atoms with van der Waals surface area (Å²) in [7, 11) is 0. The van der Waals surface area contributed by atoms with Gasteiger partial charge in [-0.1, -0.05) is 17.7 Å². The maximum Gasteiger partial charge on any atom is 0.254 e. The molecule has 2 aliphatic rings. The summed E-state index contributed by atoms with van der Waals surface area (Å²) in [5.74, 6) is 1.59. The molecule has 0 N–H and O–H groups in total. The van der Waals surface area contributed by atoms with Crippen LogP contribution in [0.4, 0.5) is 0 Å². The van der Waals surface area contributed by atoms with Gasteiger partial charge in [0.25, 0.3) is 5.91 Å². The van der Waals surface area contributed by atoms with E-state index in [1.165, 1.54) is 0 Å². The molecule has 0 saturated carbocycles. The van der Waals surface area contributed by atoms with Crippen molar-refractivity contribution in [3.63, 3.8) is 0 Å². The smallest absolute Gasteiger partial charge is 0.254 e. The number of hydrogen-bond acceptors (Lipinski definition) is 5. The Labute approximate surface area is 153 Å². The average Bonchev–Trinajstić information content (AvgIpc) is 3.18. The molecule has 138 valence electrons. The second kappa shape index (κ2) is 7.58. The first-order valence-electron chi connectivity index (χ1n) is 9.51. The Hall–Kier alpha value is -2.21. The predicted octanol–water partition coefficient (Wildman–Crippen LogP) is 3.64. The highest BCUT2D eigenvalue weighted by Crippen LogP contribution is 2.33. The Balaban J connectivity index is 1.56. The lowest BCUT2D eigenvalue weighted by Crippen LogP contribution is -2.38. The fourth-order valence-electron chi connectivity index (χ4n) is 3.87. The number of hydrogen-bond donors (Lipinski definition) is 0. The van der Waals surface area contributed by atoms with E-state index in [0.29, 0.717) is 11.8 Å². The van der Waals surface area contributed by atoms with Gasteiger partial charge in [-0.25, -0.2) is 0 Å². The Kier molecular flexibility index (Phi) is 5.02. The minimum absolute atomic E-state index is 0.0456. The van der Waals surface area contributed by atoms with Gasteiger partial charge >= 0.3 is 0 Å². The van der Waals surface area contributed by atoms with Crippen molar-refractivity contribution >= 4 is 5.91 Å². The van der Waals surface area contributed by atoms with Crippen molar-refractivity contribution in [3.05, 3.63) is 47.2 Å². The molecule has 0 aliphatic carbocycles. The normalized spacial score (nSPS) is 21.7. The number of ether oxygens (including phenoxy) is 1. The second-order valence-corrected chi connectivity index (χ2v) is 7.24. The number of likely N-dealkylation sites (tertiary alicyclic amines) is 1. The van der Waals surface area contributed by atoms with Crippen LogP contribution in [0.1, 0.15) is 71.8 Å².